The molecule has 2 amide bonds. The van der Waals surface area contributed by atoms with Crippen molar-refractivity contribution < 1.29 is 18.8 Å². The standard InChI is InChI=1S/C24H34N4O4/c1-16(2)20-25-21(32-26-20)18-11-7-8-12-19(18)22(29)28-13-9-10-17(15-28)14-27(6)23(30)31-24(3,4)5/h7-8,11-12,16-17H,9-10,13-15H2,1-6H3. The molecule has 1 aliphatic rings. The fourth-order valence-electron chi connectivity index (χ4n) is 3.81. The molecule has 8 heteroatoms. The normalized spacial score (nSPS) is 16.8. The van der Waals surface area contributed by atoms with E-state index in [0.29, 0.717) is 42.5 Å². The van der Waals surface area contributed by atoms with Crippen LogP contribution in [0.2, 0.25) is 0 Å². The van der Waals surface area contributed by atoms with Crippen LogP contribution in [0.25, 0.3) is 11.5 Å². The first-order valence-electron chi connectivity index (χ1n) is 11.2. The lowest BCUT2D eigenvalue weighted by Gasteiger charge is -2.35. The molecular weight excluding hydrogens is 408 g/mol. The highest BCUT2D eigenvalue weighted by Gasteiger charge is 2.29. The molecule has 1 unspecified atom stereocenters. The van der Waals surface area contributed by atoms with Gasteiger partial charge in [0.2, 0.25) is 0 Å². The maximum Gasteiger partial charge on any atom is 0.410 e. The zero-order chi connectivity index (χ0) is 23.5. The molecule has 2 aromatic rings. The Morgan fingerprint density at radius 3 is 2.66 bits per heavy atom. The molecule has 0 saturated carbocycles. The van der Waals surface area contributed by atoms with Crippen molar-refractivity contribution in [3.05, 3.63) is 35.7 Å². The number of benzene rings is 1. The van der Waals surface area contributed by atoms with Gasteiger partial charge >= 0.3 is 6.09 Å². The number of ether oxygens (including phenoxy) is 1. The number of hydrogen-bond acceptors (Lipinski definition) is 6. The second kappa shape index (κ2) is 9.71. The SMILES string of the molecule is CC(C)c1noc(-c2ccccc2C(=O)N2CCCC(CN(C)C(=O)OC(C)(C)C)C2)n1. The molecule has 0 bridgehead atoms. The minimum absolute atomic E-state index is 0.0606. The summed E-state index contributed by atoms with van der Waals surface area (Å²) in [6, 6.07) is 7.34. The molecule has 3 rings (SSSR count). The smallest absolute Gasteiger partial charge is 0.410 e. The van der Waals surface area contributed by atoms with Crippen molar-refractivity contribution in [1.29, 1.82) is 0 Å². The highest BCUT2D eigenvalue weighted by atomic mass is 16.6. The molecule has 0 radical (unpaired) electrons. The molecule has 1 aromatic heterocycles. The first-order chi connectivity index (χ1) is 15.0. The van der Waals surface area contributed by atoms with Crippen LogP contribution in [-0.2, 0) is 4.74 Å². The third-order valence-corrected chi connectivity index (χ3v) is 5.39. The molecular formula is C24H34N4O4. The van der Waals surface area contributed by atoms with Crippen molar-refractivity contribution in [2.45, 2.75) is 59.0 Å². The van der Waals surface area contributed by atoms with Crippen molar-refractivity contribution >= 4 is 12.0 Å². The molecule has 1 saturated heterocycles. The Morgan fingerprint density at radius 2 is 2.00 bits per heavy atom. The number of carbonyl (C=O) groups excluding carboxylic acids is 2. The van der Waals surface area contributed by atoms with Crippen LogP contribution in [0.4, 0.5) is 4.79 Å². The lowest BCUT2D eigenvalue weighted by Crippen LogP contribution is -2.45. The molecule has 1 aliphatic heterocycles. The number of hydrogen-bond donors (Lipinski definition) is 0. The maximum absolute atomic E-state index is 13.4. The predicted molar refractivity (Wildman–Crippen MR) is 121 cm³/mol. The van der Waals surface area contributed by atoms with Crippen molar-refractivity contribution in [2.75, 3.05) is 26.7 Å². The Kier molecular flexibility index (Phi) is 7.21. The number of amides is 2. The van der Waals surface area contributed by atoms with E-state index in [0.717, 1.165) is 12.8 Å². The third kappa shape index (κ3) is 5.87. The average Bonchev–Trinajstić information content (AvgIpc) is 3.23. The molecule has 0 aliphatic carbocycles. The van der Waals surface area contributed by atoms with Crippen LogP contribution in [-0.4, -0.2) is 64.2 Å². The van der Waals surface area contributed by atoms with Crippen LogP contribution in [0.15, 0.2) is 28.8 Å². The highest BCUT2D eigenvalue weighted by Crippen LogP contribution is 2.27. The van der Waals surface area contributed by atoms with E-state index in [4.69, 9.17) is 9.26 Å². The summed E-state index contributed by atoms with van der Waals surface area (Å²) in [7, 11) is 1.74. The fraction of sp³-hybridized carbons (Fsp3) is 0.583. The van der Waals surface area contributed by atoms with Crippen molar-refractivity contribution in [1.82, 2.24) is 19.9 Å². The van der Waals surface area contributed by atoms with Crippen LogP contribution in [0.1, 0.15) is 69.6 Å². The van der Waals surface area contributed by atoms with E-state index in [-0.39, 0.29) is 23.8 Å². The Balaban J connectivity index is 1.71. The van der Waals surface area contributed by atoms with Gasteiger partial charge in [0.25, 0.3) is 11.8 Å². The summed E-state index contributed by atoms with van der Waals surface area (Å²) in [5, 5.41) is 4.03. The Bertz CT molecular complexity index is 947. The average molecular weight is 443 g/mol. The van der Waals surface area contributed by atoms with Crippen molar-refractivity contribution in [3.8, 4) is 11.5 Å². The first-order valence-corrected chi connectivity index (χ1v) is 11.2. The van der Waals surface area contributed by atoms with Gasteiger partial charge in [0.1, 0.15) is 5.60 Å². The Hall–Kier alpha value is -2.90. The zero-order valence-corrected chi connectivity index (χ0v) is 19.9. The monoisotopic (exact) mass is 442 g/mol. The number of piperidine rings is 1. The molecule has 1 fully saturated rings. The van der Waals surface area contributed by atoms with Crippen LogP contribution in [0.3, 0.4) is 0 Å². The number of aromatic nitrogens is 2. The van der Waals surface area contributed by atoms with E-state index < -0.39 is 5.60 Å². The zero-order valence-electron chi connectivity index (χ0n) is 19.9. The van der Waals surface area contributed by atoms with E-state index in [1.807, 2.05) is 57.7 Å². The van der Waals surface area contributed by atoms with Gasteiger partial charge in [0.05, 0.1) is 11.1 Å². The molecule has 32 heavy (non-hydrogen) atoms. The van der Waals surface area contributed by atoms with Gasteiger partial charge in [-0.25, -0.2) is 4.79 Å². The maximum atomic E-state index is 13.4. The lowest BCUT2D eigenvalue weighted by molar-refractivity contribution is 0.0244. The molecule has 174 valence electrons. The van der Waals surface area contributed by atoms with E-state index in [1.54, 1.807) is 18.0 Å². The third-order valence-electron chi connectivity index (χ3n) is 5.39. The minimum Gasteiger partial charge on any atom is -0.444 e. The van der Waals surface area contributed by atoms with E-state index >= 15 is 0 Å². The summed E-state index contributed by atoms with van der Waals surface area (Å²) < 4.78 is 10.9. The number of likely N-dealkylation sites (tertiary alicyclic amines) is 1. The van der Waals surface area contributed by atoms with E-state index in [9.17, 15) is 9.59 Å². The molecule has 1 atom stereocenters. The summed E-state index contributed by atoms with van der Waals surface area (Å²) in [4.78, 5) is 33.7. The summed E-state index contributed by atoms with van der Waals surface area (Å²) in [6.07, 6.45) is 1.50. The summed E-state index contributed by atoms with van der Waals surface area (Å²) in [6.45, 7) is 11.4. The van der Waals surface area contributed by atoms with Crippen LogP contribution in [0.5, 0.6) is 0 Å². The lowest BCUT2D eigenvalue weighted by atomic mass is 9.96. The Labute approximate surface area is 189 Å². The van der Waals surface area contributed by atoms with Gasteiger partial charge in [-0.1, -0.05) is 31.1 Å². The van der Waals surface area contributed by atoms with Crippen LogP contribution >= 0.6 is 0 Å². The van der Waals surface area contributed by atoms with Gasteiger partial charge in [-0.15, -0.1) is 0 Å². The largest absolute Gasteiger partial charge is 0.444 e. The second-order valence-corrected chi connectivity index (χ2v) is 9.78. The van der Waals surface area contributed by atoms with Crippen molar-refractivity contribution in [2.24, 2.45) is 5.92 Å². The number of rotatable bonds is 5. The summed E-state index contributed by atoms with van der Waals surface area (Å²) in [5.41, 5.74) is 0.658. The second-order valence-electron chi connectivity index (χ2n) is 9.78. The fourth-order valence-corrected chi connectivity index (χ4v) is 3.81. The van der Waals surface area contributed by atoms with E-state index in [2.05, 4.69) is 10.1 Å². The van der Waals surface area contributed by atoms with Crippen molar-refractivity contribution in [3.63, 3.8) is 0 Å². The first kappa shape index (κ1) is 23.8. The molecule has 0 N–H and O–H groups in total. The quantitative estimate of drug-likeness (QED) is 0.673. The summed E-state index contributed by atoms with van der Waals surface area (Å²) >= 11 is 0. The molecule has 8 nitrogen and oxygen atoms in total. The van der Waals surface area contributed by atoms with Crippen LogP contribution < -0.4 is 0 Å². The van der Waals surface area contributed by atoms with Gasteiger partial charge in [-0.2, -0.15) is 4.98 Å². The minimum atomic E-state index is -0.534. The molecule has 2 heterocycles. The number of carbonyl (C=O) groups is 2. The van der Waals surface area contributed by atoms with Gasteiger partial charge in [-0.3, -0.25) is 4.79 Å². The van der Waals surface area contributed by atoms with Crippen LogP contribution in [0, 0.1) is 5.92 Å². The van der Waals surface area contributed by atoms with E-state index in [1.165, 1.54) is 0 Å². The molecule has 0 spiro atoms. The predicted octanol–water partition coefficient (Wildman–Crippen LogP) is 4.58. The Morgan fingerprint density at radius 1 is 1.28 bits per heavy atom. The van der Waals surface area contributed by atoms with Gasteiger partial charge in [0, 0.05) is 32.6 Å². The summed E-state index contributed by atoms with van der Waals surface area (Å²) in [5.74, 6) is 1.24. The van der Waals surface area contributed by atoms with Gasteiger partial charge in [-0.05, 0) is 51.7 Å². The van der Waals surface area contributed by atoms with Gasteiger partial charge in [0.15, 0.2) is 5.82 Å². The van der Waals surface area contributed by atoms with Gasteiger partial charge < -0.3 is 19.1 Å². The molecule has 1 aromatic carbocycles. The topological polar surface area (TPSA) is 88.8 Å². The number of nitrogens with zero attached hydrogens (tertiary/aromatic N) is 4. The highest BCUT2D eigenvalue weighted by molar-refractivity contribution is 6.00.